The van der Waals surface area contributed by atoms with Crippen LogP contribution in [-0.2, 0) is 14.5 Å². The van der Waals surface area contributed by atoms with E-state index < -0.39 is 9.73 Å². The first-order valence-electron chi connectivity index (χ1n) is 12.1. The molecule has 0 aliphatic carbocycles. The van der Waals surface area contributed by atoms with Crippen molar-refractivity contribution in [1.82, 2.24) is 20.3 Å². The zero-order valence-corrected chi connectivity index (χ0v) is 22.0. The second kappa shape index (κ2) is 12.0. The van der Waals surface area contributed by atoms with Crippen molar-refractivity contribution in [1.29, 1.82) is 0 Å². The lowest BCUT2D eigenvalue weighted by Crippen LogP contribution is -2.36. The first kappa shape index (κ1) is 26.3. The molecule has 0 saturated carbocycles. The summed E-state index contributed by atoms with van der Waals surface area (Å²) in [5, 5.41) is 9.15. The molecular formula is C25H34N8O3S. The number of nitrogens with zero attached hydrogens (tertiary/aromatic N) is 5. The van der Waals surface area contributed by atoms with Crippen LogP contribution in [0.3, 0.4) is 0 Å². The lowest BCUT2D eigenvalue weighted by atomic mass is 10.2. The molecule has 1 aliphatic rings. The quantitative estimate of drug-likeness (QED) is 0.379. The van der Waals surface area contributed by atoms with Crippen LogP contribution in [0.2, 0.25) is 0 Å². The largest absolute Gasteiger partial charge is 0.378 e. The topological polar surface area (TPSA) is 134 Å². The number of nitrogens with one attached hydrogen (secondary N) is 3. The second-order valence-electron chi connectivity index (χ2n) is 8.76. The molecule has 12 heteroatoms. The van der Waals surface area contributed by atoms with Crippen molar-refractivity contribution in [2.45, 2.75) is 13.3 Å². The Balaban J connectivity index is 0.00000400. The number of benzene rings is 1. The number of anilines is 5. The number of pyridine rings is 1. The highest BCUT2D eigenvalue weighted by molar-refractivity contribution is 7.92. The van der Waals surface area contributed by atoms with E-state index in [2.05, 4.69) is 40.2 Å². The number of carbonyl (C=O) groups excluding carboxylic acids is 1. The Hall–Kier alpha value is -3.77. The molecule has 37 heavy (non-hydrogen) atoms. The van der Waals surface area contributed by atoms with E-state index in [0.29, 0.717) is 24.1 Å². The fourth-order valence-electron chi connectivity index (χ4n) is 3.63. The molecule has 1 aliphatic heterocycles. The summed E-state index contributed by atoms with van der Waals surface area (Å²) in [5.41, 5.74) is 2.21. The molecule has 0 spiro atoms. The van der Waals surface area contributed by atoms with Crippen LogP contribution >= 0.6 is 0 Å². The number of amides is 1. The number of aromatic nitrogens is 3. The van der Waals surface area contributed by atoms with Crippen molar-refractivity contribution in [3.63, 3.8) is 0 Å². The van der Waals surface area contributed by atoms with Gasteiger partial charge in [0.15, 0.2) is 5.82 Å². The van der Waals surface area contributed by atoms with Crippen LogP contribution < -0.4 is 20.9 Å². The maximum absolute atomic E-state index is 12.8. The summed E-state index contributed by atoms with van der Waals surface area (Å²) < 4.78 is 21.7. The summed E-state index contributed by atoms with van der Waals surface area (Å²) >= 11 is 0. The number of ether oxygens (including phenoxy) is 1. The van der Waals surface area contributed by atoms with Gasteiger partial charge in [-0.3, -0.25) is 4.79 Å². The third-order valence-electron chi connectivity index (χ3n) is 5.36. The van der Waals surface area contributed by atoms with Gasteiger partial charge in [0.25, 0.3) is 5.91 Å². The predicted octanol–water partition coefficient (Wildman–Crippen LogP) is 3.94. The third-order valence-corrected chi connectivity index (χ3v) is 5.99. The fourth-order valence-corrected chi connectivity index (χ4v) is 4.19. The van der Waals surface area contributed by atoms with Gasteiger partial charge < -0.3 is 25.6 Å². The molecule has 0 unspecified atom stereocenters. The summed E-state index contributed by atoms with van der Waals surface area (Å²) in [6.07, 6.45) is 5.36. The zero-order valence-electron chi connectivity index (χ0n) is 21.2. The standard InChI is InChI=1S/C25H32N8O3S.H2/c1-4-12-26-24(34)20-17-27-25(28-18-8-10-19(11-9-18)33-13-15-36-16-14-33)31-23(20)30-21-6-5-7-22(29-21)32-37(2,3)35;/h5-11,17H,4,12-16H2,1-3H3,(H,26,34)(H2,27,28,29,30,31);1H. The van der Waals surface area contributed by atoms with Gasteiger partial charge >= 0.3 is 0 Å². The van der Waals surface area contributed by atoms with E-state index >= 15 is 0 Å². The summed E-state index contributed by atoms with van der Waals surface area (Å²) in [7, 11) is -2.37. The van der Waals surface area contributed by atoms with Crippen molar-refractivity contribution in [3.05, 3.63) is 54.2 Å². The number of morpholine rings is 1. The number of hydrogen-bond acceptors (Lipinski definition) is 10. The highest BCUT2D eigenvalue weighted by atomic mass is 32.2. The van der Waals surface area contributed by atoms with E-state index in [0.717, 1.165) is 44.1 Å². The minimum absolute atomic E-state index is 0. The summed E-state index contributed by atoms with van der Waals surface area (Å²) in [5.74, 6) is 1.05. The molecule has 1 saturated heterocycles. The summed E-state index contributed by atoms with van der Waals surface area (Å²) in [6.45, 7) is 5.69. The molecule has 3 N–H and O–H groups in total. The molecule has 0 radical (unpaired) electrons. The molecule has 2 aromatic heterocycles. The Morgan fingerprint density at radius 2 is 1.86 bits per heavy atom. The van der Waals surface area contributed by atoms with Crippen molar-refractivity contribution < 1.29 is 15.2 Å². The van der Waals surface area contributed by atoms with E-state index in [4.69, 9.17) is 4.74 Å². The molecule has 0 bridgehead atoms. The molecule has 1 aromatic carbocycles. The summed E-state index contributed by atoms with van der Waals surface area (Å²) in [4.78, 5) is 28.4. The highest BCUT2D eigenvalue weighted by Gasteiger charge is 2.16. The van der Waals surface area contributed by atoms with Crippen LogP contribution in [0.5, 0.6) is 0 Å². The Bertz CT molecular complexity index is 1350. The van der Waals surface area contributed by atoms with E-state index in [1.165, 1.54) is 6.20 Å². The minimum Gasteiger partial charge on any atom is -0.378 e. The van der Waals surface area contributed by atoms with Crippen LogP contribution in [0, 0.1) is 0 Å². The highest BCUT2D eigenvalue weighted by Crippen LogP contribution is 2.24. The molecule has 1 fully saturated rings. The third kappa shape index (κ3) is 7.61. The summed E-state index contributed by atoms with van der Waals surface area (Å²) in [6, 6.07) is 13.1. The number of hydrogen-bond donors (Lipinski definition) is 3. The van der Waals surface area contributed by atoms with Gasteiger partial charge in [-0.25, -0.2) is 14.2 Å². The van der Waals surface area contributed by atoms with Crippen LogP contribution in [0.4, 0.5) is 34.8 Å². The van der Waals surface area contributed by atoms with Gasteiger partial charge in [0.2, 0.25) is 5.95 Å². The van der Waals surface area contributed by atoms with Gasteiger partial charge in [-0.1, -0.05) is 13.0 Å². The van der Waals surface area contributed by atoms with Gasteiger partial charge in [0.1, 0.15) is 17.2 Å². The van der Waals surface area contributed by atoms with Gasteiger partial charge in [0.05, 0.1) is 13.2 Å². The van der Waals surface area contributed by atoms with Crippen LogP contribution in [0.1, 0.15) is 25.1 Å². The number of rotatable bonds is 9. The molecule has 1 amide bonds. The first-order valence-corrected chi connectivity index (χ1v) is 14.4. The SMILES string of the molecule is CCCNC(=O)c1cnc(Nc2ccc(N3CCOCC3)cc2)nc1Nc1cccc(N=S(C)(C)=O)n1.[HH]. The monoisotopic (exact) mass is 526 g/mol. The van der Waals surface area contributed by atoms with E-state index in [-0.39, 0.29) is 18.7 Å². The Labute approximate surface area is 218 Å². The molecular weight excluding hydrogens is 492 g/mol. The van der Waals surface area contributed by atoms with E-state index in [1.807, 2.05) is 31.2 Å². The zero-order chi connectivity index (χ0) is 26.3. The molecule has 3 heterocycles. The Morgan fingerprint density at radius 1 is 1.11 bits per heavy atom. The predicted molar refractivity (Wildman–Crippen MR) is 149 cm³/mol. The van der Waals surface area contributed by atoms with Gasteiger partial charge in [-0.05, 0) is 42.8 Å². The lowest BCUT2D eigenvalue weighted by molar-refractivity contribution is 0.0954. The molecule has 4 rings (SSSR count). The van der Waals surface area contributed by atoms with Crippen molar-refractivity contribution in [2.24, 2.45) is 4.36 Å². The van der Waals surface area contributed by atoms with E-state index in [9.17, 15) is 9.00 Å². The van der Waals surface area contributed by atoms with Crippen LogP contribution in [0.15, 0.2) is 53.0 Å². The fraction of sp³-hybridized carbons (Fsp3) is 0.360. The second-order valence-corrected chi connectivity index (χ2v) is 11.3. The smallest absolute Gasteiger partial charge is 0.256 e. The Morgan fingerprint density at radius 3 is 2.57 bits per heavy atom. The first-order chi connectivity index (χ1) is 17.8. The van der Waals surface area contributed by atoms with Crippen molar-refractivity contribution >= 4 is 50.4 Å². The van der Waals surface area contributed by atoms with Crippen molar-refractivity contribution in [2.75, 3.05) is 60.9 Å². The van der Waals surface area contributed by atoms with Gasteiger partial charge in [-0.15, -0.1) is 0 Å². The number of carbonyl (C=O) groups is 1. The van der Waals surface area contributed by atoms with Crippen LogP contribution in [0.25, 0.3) is 0 Å². The maximum atomic E-state index is 12.8. The van der Waals surface area contributed by atoms with Gasteiger partial charge in [0, 0.05) is 60.9 Å². The van der Waals surface area contributed by atoms with E-state index in [1.54, 1.807) is 30.7 Å². The average molecular weight is 527 g/mol. The normalized spacial score (nSPS) is 13.6. The molecule has 198 valence electrons. The molecule has 0 atom stereocenters. The average Bonchev–Trinajstić information content (AvgIpc) is 2.88. The lowest BCUT2D eigenvalue weighted by Gasteiger charge is -2.28. The van der Waals surface area contributed by atoms with Crippen LogP contribution in [-0.4, -0.2) is 70.4 Å². The minimum atomic E-state index is -2.37. The Kier molecular flexibility index (Phi) is 8.51. The van der Waals surface area contributed by atoms with Gasteiger partial charge in [-0.2, -0.15) is 9.35 Å². The van der Waals surface area contributed by atoms with Crippen molar-refractivity contribution in [3.8, 4) is 0 Å². The maximum Gasteiger partial charge on any atom is 0.256 e. The molecule has 3 aromatic rings. The molecule has 11 nitrogen and oxygen atoms in total.